The lowest BCUT2D eigenvalue weighted by molar-refractivity contribution is -0.122. The summed E-state index contributed by atoms with van der Waals surface area (Å²) >= 11 is 3.29. The second-order valence-electron chi connectivity index (χ2n) is 9.02. The molecule has 3 heterocycles. The van der Waals surface area contributed by atoms with Crippen molar-refractivity contribution >= 4 is 61.5 Å². The number of thiophene rings is 1. The Bertz CT molecular complexity index is 1320. The summed E-state index contributed by atoms with van der Waals surface area (Å²) < 4.78 is 30.2. The average Bonchev–Trinajstić information content (AvgIpc) is 3.51. The molecule has 188 valence electrons. The van der Waals surface area contributed by atoms with Gasteiger partial charge in [0, 0.05) is 29.2 Å². The Balaban J connectivity index is 1.41. The van der Waals surface area contributed by atoms with Crippen molar-refractivity contribution in [3.8, 4) is 0 Å². The smallest absolute Gasteiger partial charge is 0.253 e. The van der Waals surface area contributed by atoms with E-state index in [4.69, 9.17) is 0 Å². The SMILES string of the molecule is O=C1CC(N(C2CCN(Cc3ccccc3)CC2)S(=O)(=O)c2cccs2)C(=O)N1c1ccc(I)cc1. The van der Waals surface area contributed by atoms with Crippen LogP contribution in [0.3, 0.4) is 0 Å². The second kappa shape index (κ2) is 10.7. The zero-order valence-corrected chi connectivity index (χ0v) is 23.3. The predicted octanol–water partition coefficient (Wildman–Crippen LogP) is 4.34. The van der Waals surface area contributed by atoms with E-state index in [0.717, 1.165) is 26.4 Å². The number of amides is 2. The van der Waals surface area contributed by atoms with Crippen LogP contribution in [0.1, 0.15) is 24.8 Å². The zero-order chi connectivity index (χ0) is 25.3. The largest absolute Gasteiger partial charge is 0.299 e. The van der Waals surface area contributed by atoms with Crippen LogP contribution in [0, 0.1) is 3.57 Å². The number of piperidine rings is 1. The molecular weight excluding hydrogens is 609 g/mol. The third-order valence-corrected chi connectivity index (χ3v) is 10.8. The predicted molar refractivity (Wildman–Crippen MR) is 148 cm³/mol. The third kappa shape index (κ3) is 5.14. The number of anilines is 1. The van der Waals surface area contributed by atoms with Crippen molar-refractivity contribution in [3.05, 3.63) is 81.2 Å². The molecule has 1 atom stereocenters. The average molecular weight is 636 g/mol. The summed E-state index contributed by atoms with van der Waals surface area (Å²) in [5.41, 5.74) is 1.68. The van der Waals surface area contributed by atoms with E-state index >= 15 is 0 Å². The minimum atomic E-state index is -3.95. The van der Waals surface area contributed by atoms with Crippen molar-refractivity contribution in [1.29, 1.82) is 0 Å². The summed E-state index contributed by atoms with van der Waals surface area (Å²) in [7, 11) is -3.95. The Morgan fingerprint density at radius 2 is 1.64 bits per heavy atom. The van der Waals surface area contributed by atoms with Crippen LogP contribution in [0.5, 0.6) is 0 Å². The normalized spacial score (nSPS) is 19.9. The van der Waals surface area contributed by atoms with E-state index in [1.807, 2.05) is 30.3 Å². The molecule has 1 unspecified atom stereocenters. The minimum absolute atomic E-state index is 0.153. The molecular formula is C26H26IN3O4S2. The number of halogens is 1. The molecule has 2 aromatic carbocycles. The van der Waals surface area contributed by atoms with Gasteiger partial charge in [-0.2, -0.15) is 4.31 Å². The minimum Gasteiger partial charge on any atom is -0.299 e. The fraction of sp³-hybridized carbons (Fsp3) is 0.308. The van der Waals surface area contributed by atoms with E-state index in [2.05, 4.69) is 39.6 Å². The number of carbonyl (C=O) groups is 2. The van der Waals surface area contributed by atoms with Gasteiger partial charge < -0.3 is 0 Å². The molecule has 5 rings (SSSR count). The van der Waals surface area contributed by atoms with Crippen molar-refractivity contribution in [3.63, 3.8) is 0 Å². The second-order valence-corrected chi connectivity index (χ2v) is 13.3. The van der Waals surface area contributed by atoms with E-state index in [0.29, 0.717) is 31.6 Å². The summed E-state index contributed by atoms with van der Waals surface area (Å²) in [6, 6.07) is 19.1. The first-order valence-electron chi connectivity index (χ1n) is 11.8. The molecule has 0 saturated carbocycles. The Kier molecular flexibility index (Phi) is 7.59. The van der Waals surface area contributed by atoms with Gasteiger partial charge in [0.1, 0.15) is 10.3 Å². The van der Waals surface area contributed by atoms with Crippen LogP contribution in [-0.4, -0.2) is 54.6 Å². The van der Waals surface area contributed by atoms with Gasteiger partial charge in [0.25, 0.3) is 15.9 Å². The number of carbonyl (C=O) groups excluding carboxylic acids is 2. The molecule has 0 bridgehead atoms. The Labute approximate surface area is 228 Å². The Hall–Kier alpha value is -2.12. The lowest BCUT2D eigenvalue weighted by atomic mass is 10.0. The van der Waals surface area contributed by atoms with E-state index in [9.17, 15) is 18.0 Å². The van der Waals surface area contributed by atoms with Crippen LogP contribution in [0.25, 0.3) is 0 Å². The highest BCUT2D eigenvalue weighted by Crippen LogP contribution is 2.35. The monoisotopic (exact) mass is 635 g/mol. The molecule has 3 aromatic rings. The Morgan fingerprint density at radius 3 is 2.28 bits per heavy atom. The zero-order valence-electron chi connectivity index (χ0n) is 19.5. The number of hydrogen-bond acceptors (Lipinski definition) is 6. The molecule has 2 aliphatic heterocycles. The van der Waals surface area contributed by atoms with E-state index < -0.39 is 22.0 Å². The maximum absolute atomic E-state index is 13.8. The number of imide groups is 1. The van der Waals surface area contributed by atoms with Crippen molar-refractivity contribution < 1.29 is 18.0 Å². The number of hydrogen-bond donors (Lipinski definition) is 0. The van der Waals surface area contributed by atoms with Crippen molar-refractivity contribution in [2.45, 2.75) is 42.1 Å². The first kappa shape index (κ1) is 25.5. The van der Waals surface area contributed by atoms with Crippen molar-refractivity contribution in [1.82, 2.24) is 9.21 Å². The lowest BCUT2D eigenvalue weighted by Gasteiger charge is -2.39. The van der Waals surface area contributed by atoms with Crippen LogP contribution in [-0.2, 0) is 26.2 Å². The molecule has 0 N–H and O–H groups in total. The molecule has 0 aliphatic carbocycles. The quantitative estimate of drug-likeness (QED) is 0.285. The maximum Gasteiger partial charge on any atom is 0.253 e. The fourth-order valence-electron chi connectivity index (χ4n) is 4.98. The van der Waals surface area contributed by atoms with Gasteiger partial charge in [-0.25, -0.2) is 13.3 Å². The van der Waals surface area contributed by atoms with Crippen LogP contribution in [0.4, 0.5) is 5.69 Å². The first-order chi connectivity index (χ1) is 17.3. The van der Waals surface area contributed by atoms with Gasteiger partial charge in [0.2, 0.25) is 5.91 Å². The summed E-state index contributed by atoms with van der Waals surface area (Å²) in [6.45, 7) is 2.23. The molecule has 2 aliphatic rings. The molecule has 2 fully saturated rings. The van der Waals surface area contributed by atoms with Crippen LogP contribution >= 0.6 is 33.9 Å². The number of nitrogens with zero attached hydrogens (tertiary/aromatic N) is 3. The first-order valence-corrected chi connectivity index (χ1v) is 15.2. The van der Waals surface area contributed by atoms with Gasteiger partial charge in [-0.3, -0.25) is 14.5 Å². The highest BCUT2D eigenvalue weighted by atomic mass is 127. The van der Waals surface area contributed by atoms with Gasteiger partial charge >= 0.3 is 0 Å². The number of likely N-dealkylation sites (tertiary alicyclic amines) is 1. The third-order valence-electron chi connectivity index (χ3n) is 6.71. The van der Waals surface area contributed by atoms with Crippen molar-refractivity contribution in [2.75, 3.05) is 18.0 Å². The molecule has 1 aromatic heterocycles. The van der Waals surface area contributed by atoms with Crippen LogP contribution in [0.2, 0.25) is 0 Å². The molecule has 7 nitrogen and oxygen atoms in total. The van der Waals surface area contributed by atoms with Gasteiger partial charge in [0.15, 0.2) is 0 Å². The van der Waals surface area contributed by atoms with Gasteiger partial charge in [0.05, 0.1) is 12.1 Å². The fourth-order valence-corrected chi connectivity index (χ4v) is 8.26. The number of benzene rings is 2. The molecule has 0 radical (unpaired) electrons. The maximum atomic E-state index is 13.8. The molecule has 2 amide bonds. The molecule has 10 heteroatoms. The molecule has 2 saturated heterocycles. The summed E-state index contributed by atoms with van der Waals surface area (Å²) in [5.74, 6) is -0.854. The van der Waals surface area contributed by atoms with Gasteiger partial charge in [-0.15, -0.1) is 11.3 Å². The van der Waals surface area contributed by atoms with Crippen molar-refractivity contribution in [2.24, 2.45) is 0 Å². The lowest BCUT2D eigenvalue weighted by Crippen LogP contribution is -2.53. The highest BCUT2D eigenvalue weighted by molar-refractivity contribution is 14.1. The van der Waals surface area contributed by atoms with Crippen LogP contribution in [0.15, 0.2) is 76.3 Å². The summed E-state index contributed by atoms with van der Waals surface area (Å²) in [6.07, 6.45) is 1.04. The van der Waals surface area contributed by atoms with Gasteiger partial charge in [-0.05, 0) is 76.7 Å². The highest BCUT2D eigenvalue weighted by Gasteiger charge is 2.50. The Morgan fingerprint density at radius 1 is 0.944 bits per heavy atom. The van der Waals surface area contributed by atoms with E-state index in [1.54, 1.807) is 29.6 Å². The van der Waals surface area contributed by atoms with Crippen LogP contribution < -0.4 is 4.90 Å². The standard InChI is InChI=1S/C26H26IN3O4S2/c27-20-8-10-21(11-9-20)29-24(31)17-23(26(29)32)30(36(33,34)25-7-4-16-35-25)22-12-14-28(15-13-22)18-19-5-2-1-3-6-19/h1-11,16,22-23H,12-15,17-18H2. The summed E-state index contributed by atoms with van der Waals surface area (Å²) in [4.78, 5) is 30.1. The van der Waals surface area contributed by atoms with E-state index in [1.165, 1.54) is 9.87 Å². The number of sulfonamides is 1. The number of rotatable bonds is 7. The molecule has 36 heavy (non-hydrogen) atoms. The molecule has 0 spiro atoms. The van der Waals surface area contributed by atoms with Gasteiger partial charge in [-0.1, -0.05) is 36.4 Å². The summed E-state index contributed by atoms with van der Waals surface area (Å²) in [5, 5.41) is 1.72. The van der Waals surface area contributed by atoms with E-state index in [-0.39, 0.29) is 22.6 Å². The topological polar surface area (TPSA) is 78.0 Å².